The molecule has 0 saturated carbocycles. The molecule has 1 unspecified atom stereocenters. The second-order valence-corrected chi connectivity index (χ2v) is 4.61. The number of hydrogen-bond donors (Lipinski definition) is 1. The maximum atomic E-state index is 12.2. The number of carbonyl (C=O) groups is 1. The van der Waals surface area contributed by atoms with Crippen molar-refractivity contribution in [2.24, 2.45) is 0 Å². The van der Waals surface area contributed by atoms with Gasteiger partial charge in [0.25, 0.3) is 5.69 Å². The summed E-state index contributed by atoms with van der Waals surface area (Å²) in [6.07, 6.45) is 0. The third kappa shape index (κ3) is 3.38. The molecule has 0 radical (unpaired) electrons. The van der Waals surface area contributed by atoms with Crippen LogP contribution >= 0.6 is 0 Å². The molecule has 1 aliphatic heterocycles. The topological polar surface area (TPSA) is 92.9 Å². The van der Waals surface area contributed by atoms with Gasteiger partial charge in [-0.2, -0.15) is 0 Å². The van der Waals surface area contributed by atoms with E-state index < -0.39 is 4.92 Å². The summed E-state index contributed by atoms with van der Waals surface area (Å²) in [5.74, 6) is -0.200. The van der Waals surface area contributed by atoms with E-state index in [1.165, 1.54) is 18.2 Å². The highest BCUT2D eigenvalue weighted by Gasteiger charge is 2.25. The molecule has 1 N–H and O–H groups in total. The van der Waals surface area contributed by atoms with Crippen LogP contribution in [0.25, 0.3) is 0 Å². The molecule has 1 heterocycles. The van der Waals surface area contributed by atoms with Crippen LogP contribution in [0.5, 0.6) is 0 Å². The summed E-state index contributed by atoms with van der Waals surface area (Å²) in [5.41, 5.74) is 0.207. The largest absolute Gasteiger partial charge is 0.395 e. The Balaban J connectivity index is 2.07. The van der Waals surface area contributed by atoms with Crippen molar-refractivity contribution in [3.8, 4) is 0 Å². The van der Waals surface area contributed by atoms with E-state index in [0.29, 0.717) is 25.3 Å². The number of hydrogen-bond acceptors (Lipinski definition) is 6. The number of ketones is 1. The van der Waals surface area contributed by atoms with Crippen LogP contribution in [0.1, 0.15) is 10.4 Å². The first-order chi connectivity index (χ1) is 9.61. The second kappa shape index (κ2) is 6.56. The minimum Gasteiger partial charge on any atom is -0.395 e. The number of ether oxygens (including phenoxy) is 1. The van der Waals surface area contributed by atoms with Crippen molar-refractivity contribution in [3.05, 3.63) is 39.9 Å². The maximum absolute atomic E-state index is 12.2. The number of non-ortho nitro benzene ring substituents is 1. The number of rotatable bonds is 5. The van der Waals surface area contributed by atoms with Crippen molar-refractivity contribution in [1.82, 2.24) is 4.90 Å². The van der Waals surface area contributed by atoms with E-state index in [9.17, 15) is 20.0 Å². The zero-order valence-electron chi connectivity index (χ0n) is 10.9. The zero-order valence-corrected chi connectivity index (χ0v) is 10.9. The Labute approximate surface area is 115 Å². The molecule has 108 valence electrons. The standard InChI is InChI=1S/C13H16N2O5/c16-8-12-9-20-5-4-14(12)7-13(17)10-2-1-3-11(6-10)15(18)19/h1-3,6,12,16H,4-5,7-9H2. The van der Waals surface area contributed by atoms with Gasteiger partial charge >= 0.3 is 0 Å². The number of aliphatic hydroxyl groups is 1. The highest BCUT2D eigenvalue weighted by atomic mass is 16.6. The molecule has 7 heteroatoms. The molecular weight excluding hydrogens is 264 g/mol. The summed E-state index contributed by atoms with van der Waals surface area (Å²) in [6.45, 7) is 1.50. The fraction of sp³-hybridized carbons (Fsp3) is 0.462. The van der Waals surface area contributed by atoms with Crippen molar-refractivity contribution >= 4 is 11.5 Å². The second-order valence-electron chi connectivity index (χ2n) is 4.61. The zero-order chi connectivity index (χ0) is 14.5. The summed E-state index contributed by atoms with van der Waals surface area (Å²) < 4.78 is 5.24. The van der Waals surface area contributed by atoms with Crippen LogP contribution in [0.4, 0.5) is 5.69 Å². The molecule has 0 aromatic heterocycles. The SMILES string of the molecule is O=C(CN1CCOCC1CO)c1cccc([N+](=O)[O-])c1. The Bertz CT molecular complexity index is 505. The number of Topliss-reactive ketones (excluding diaryl/α,β-unsaturated/α-hetero) is 1. The van der Waals surface area contributed by atoms with Gasteiger partial charge in [-0.05, 0) is 0 Å². The van der Waals surface area contributed by atoms with E-state index in [4.69, 9.17) is 4.74 Å². The van der Waals surface area contributed by atoms with Gasteiger partial charge in [0.1, 0.15) is 0 Å². The number of benzene rings is 1. The minimum absolute atomic E-state index is 0.0811. The first-order valence-electron chi connectivity index (χ1n) is 6.32. The van der Waals surface area contributed by atoms with Gasteiger partial charge in [0.05, 0.1) is 37.3 Å². The molecule has 7 nitrogen and oxygen atoms in total. The first kappa shape index (κ1) is 14.6. The first-order valence-corrected chi connectivity index (χ1v) is 6.32. The molecule has 1 aliphatic rings. The van der Waals surface area contributed by atoms with Crippen molar-refractivity contribution in [3.63, 3.8) is 0 Å². The molecule has 1 aromatic rings. The molecule has 2 rings (SSSR count). The van der Waals surface area contributed by atoms with E-state index in [1.54, 1.807) is 6.07 Å². The normalized spacial score (nSPS) is 19.8. The highest BCUT2D eigenvalue weighted by molar-refractivity contribution is 5.98. The van der Waals surface area contributed by atoms with Crippen molar-refractivity contribution in [2.75, 3.05) is 32.9 Å². The van der Waals surface area contributed by atoms with Gasteiger partial charge in [-0.25, -0.2) is 0 Å². The lowest BCUT2D eigenvalue weighted by Gasteiger charge is -2.33. The van der Waals surface area contributed by atoms with Crippen LogP contribution in [-0.4, -0.2) is 59.7 Å². The number of aliphatic hydroxyl groups excluding tert-OH is 1. The maximum Gasteiger partial charge on any atom is 0.270 e. The van der Waals surface area contributed by atoms with Crippen LogP contribution in [0.15, 0.2) is 24.3 Å². The molecule has 0 bridgehead atoms. The van der Waals surface area contributed by atoms with Crippen molar-refractivity contribution in [1.29, 1.82) is 0 Å². The minimum atomic E-state index is -0.526. The van der Waals surface area contributed by atoms with Gasteiger partial charge in [0, 0.05) is 24.2 Å². The number of nitro groups is 1. The average molecular weight is 280 g/mol. The van der Waals surface area contributed by atoms with E-state index in [1.807, 2.05) is 4.90 Å². The van der Waals surface area contributed by atoms with E-state index >= 15 is 0 Å². The molecule has 0 amide bonds. The van der Waals surface area contributed by atoms with Gasteiger partial charge in [-0.3, -0.25) is 19.8 Å². The molecule has 1 fully saturated rings. The monoisotopic (exact) mass is 280 g/mol. The lowest BCUT2D eigenvalue weighted by Crippen LogP contribution is -2.49. The number of nitro benzene ring substituents is 1. The van der Waals surface area contributed by atoms with Gasteiger partial charge in [-0.15, -0.1) is 0 Å². The fourth-order valence-corrected chi connectivity index (χ4v) is 2.13. The third-order valence-electron chi connectivity index (χ3n) is 3.29. The molecule has 0 aliphatic carbocycles. The summed E-state index contributed by atoms with van der Waals surface area (Å²) in [6, 6.07) is 5.47. The molecule has 1 aromatic carbocycles. The number of carbonyl (C=O) groups excluding carboxylic acids is 1. The summed E-state index contributed by atoms with van der Waals surface area (Å²) in [4.78, 5) is 24.2. The molecule has 0 spiro atoms. The van der Waals surface area contributed by atoms with Gasteiger partial charge in [0.15, 0.2) is 5.78 Å². The quantitative estimate of drug-likeness (QED) is 0.479. The summed E-state index contributed by atoms with van der Waals surface area (Å²) in [7, 11) is 0. The van der Waals surface area contributed by atoms with E-state index in [-0.39, 0.29) is 30.7 Å². The Morgan fingerprint density at radius 1 is 1.55 bits per heavy atom. The van der Waals surface area contributed by atoms with E-state index in [2.05, 4.69) is 0 Å². The Kier molecular flexibility index (Phi) is 4.78. The Morgan fingerprint density at radius 3 is 3.05 bits per heavy atom. The fourth-order valence-electron chi connectivity index (χ4n) is 2.13. The number of nitrogens with zero attached hydrogens (tertiary/aromatic N) is 2. The third-order valence-corrected chi connectivity index (χ3v) is 3.29. The van der Waals surface area contributed by atoms with Crippen LogP contribution in [0, 0.1) is 10.1 Å². The lowest BCUT2D eigenvalue weighted by atomic mass is 10.1. The van der Waals surface area contributed by atoms with E-state index in [0.717, 1.165) is 0 Å². The summed E-state index contributed by atoms with van der Waals surface area (Å²) >= 11 is 0. The highest BCUT2D eigenvalue weighted by Crippen LogP contribution is 2.15. The predicted octanol–water partition coefficient (Wildman–Crippen LogP) is 0.471. The molecule has 20 heavy (non-hydrogen) atoms. The molecule has 1 atom stereocenters. The van der Waals surface area contributed by atoms with Crippen LogP contribution in [-0.2, 0) is 4.74 Å². The number of morpholine rings is 1. The predicted molar refractivity (Wildman–Crippen MR) is 70.7 cm³/mol. The van der Waals surface area contributed by atoms with Crippen LogP contribution in [0.3, 0.4) is 0 Å². The van der Waals surface area contributed by atoms with Gasteiger partial charge < -0.3 is 9.84 Å². The van der Waals surface area contributed by atoms with Gasteiger partial charge in [0.2, 0.25) is 0 Å². The Hall–Kier alpha value is -1.83. The van der Waals surface area contributed by atoms with Crippen molar-refractivity contribution in [2.45, 2.75) is 6.04 Å². The smallest absolute Gasteiger partial charge is 0.270 e. The average Bonchev–Trinajstić information content (AvgIpc) is 2.48. The van der Waals surface area contributed by atoms with Crippen LogP contribution < -0.4 is 0 Å². The summed E-state index contributed by atoms with van der Waals surface area (Å²) in [5, 5.41) is 19.9. The lowest BCUT2D eigenvalue weighted by molar-refractivity contribution is -0.384. The molecule has 1 saturated heterocycles. The van der Waals surface area contributed by atoms with Crippen molar-refractivity contribution < 1.29 is 19.6 Å². The van der Waals surface area contributed by atoms with Crippen LogP contribution in [0.2, 0.25) is 0 Å². The van der Waals surface area contributed by atoms with Gasteiger partial charge in [-0.1, -0.05) is 12.1 Å². The Morgan fingerprint density at radius 2 is 2.35 bits per heavy atom. The molecular formula is C13H16N2O5.